The summed E-state index contributed by atoms with van der Waals surface area (Å²) in [6, 6.07) is 11.6. The molecule has 1 unspecified atom stereocenters. The maximum absolute atomic E-state index is 11.4. The van der Waals surface area contributed by atoms with E-state index in [1.165, 1.54) is 11.6 Å². The van der Waals surface area contributed by atoms with E-state index in [0.29, 0.717) is 0 Å². The van der Waals surface area contributed by atoms with Crippen molar-refractivity contribution >= 4 is 5.69 Å². The molecule has 1 aromatic carbocycles. The molecule has 2 aromatic rings. The molecule has 1 aromatic heterocycles. The topological polar surface area (TPSA) is 42.2 Å². The van der Waals surface area contributed by atoms with E-state index in [0.717, 1.165) is 23.6 Å². The molecule has 3 heteroatoms. The molecule has 0 spiro atoms. The van der Waals surface area contributed by atoms with Crippen molar-refractivity contribution in [2.24, 2.45) is 0 Å². The molecule has 1 atom stereocenters. The lowest BCUT2D eigenvalue weighted by molar-refractivity contribution is 0.446. The zero-order valence-corrected chi connectivity index (χ0v) is 9.57. The summed E-state index contributed by atoms with van der Waals surface area (Å²) in [5, 5.41) is 3.33. The van der Waals surface area contributed by atoms with Crippen LogP contribution in [0.4, 0.5) is 5.69 Å². The van der Waals surface area contributed by atoms with Crippen LogP contribution in [0.5, 0.6) is 0 Å². The predicted molar refractivity (Wildman–Crippen MR) is 66.5 cm³/mol. The average molecular weight is 227 g/mol. The number of benzene rings is 1. The minimum atomic E-state index is -0.274. The van der Waals surface area contributed by atoms with Crippen molar-refractivity contribution in [3.63, 3.8) is 0 Å². The van der Waals surface area contributed by atoms with Gasteiger partial charge in [-0.1, -0.05) is 18.2 Å². The van der Waals surface area contributed by atoms with E-state index in [1.807, 2.05) is 31.2 Å². The van der Waals surface area contributed by atoms with Crippen molar-refractivity contribution in [1.29, 1.82) is 0 Å². The Bertz CT molecular complexity index is 616. The zero-order chi connectivity index (χ0) is 11.8. The maximum atomic E-state index is 11.4. The average Bonchev–Trinajstić information content (AvgIpc) is 2.71. The van der Waals surface area contributed by atoms with Gasteiger partial charge in [0, 0.05) is 18.3 Å². The predicted octanol–water partition coefficient (Wildman–Crippen LogP) is 2.51. The first-order chi connectivity index (χ1) is 8.24. The van der Waals surface area contributed by atoms with Gasteiger partial charge in [0.1, 0.15) is 5.76 Å². The molecule has 0 aliphatic carbocycles. The Balaban J connectivity index is 2.10. The Morgan fingerprint density at radius 3 is 2.94 bits per heavy atom. The molecule has 0 saturated heterocycles. The highest BCUT2D eigenvalue weighted by Crippen LogP contribution is 2.35. The fourth-order valence-corrected chi connectivity index (χ4v) is 2.34. The van der Waals surface area contributed by atoms with Gasteiger partial charge in [-0.2, -0.15) is 0 Å². The quantitative estimate of drug-likeness (QED) is 0.814. The summed E-state index contributed by atoms with van der Waals surface area (Å²) >= 11 is 0. The van der Waals surface area contributed by atoms with Crippen LogP contribution in [0.2, 0.25) is 0 Å². The van der Waals surface area contributed by atoms with Gasteiger partial charge < -0.3 is 9.73 Å². The number of nitrogens with one attached hydrogen (secondary N) is 1. The van der Waals surface area contributed by atoms with E-state index in [2.05, 4.69) is 11.4 Å². The van der Waals surface area contributed by atoms with Crippen LogP contribution in [0.1, 0.15) is 22.8 Å². The van der Waals surface area contributed by atoms with Gasteiger partial charge in [0.2, 0.25) is 0 Å². The summed E-state index contributed by atoms with van der Waals surface area (Å²) in [5.74, 6) is 0.881. The van der Waals surface area contributed by atoms with Gasteiger partial charge in [-0.3, -0.25) is 0 Å². The lowest BCUT2D eigenvalue weighted by Gasteiger charge is -2.09. The summed E-state index contributed by atoms with van der Waals surface area (Å²) < 4.78 is 5.30. The Kier molecular flexibility index (Phi) is 2.25. The van der Waals surface area contributed by atoms with Gasteiger partial charge in [0.25, 0.3) is 0 Å². The molecule has 0 radical (unpaired) electrons. The molecule has 0 amide bonds. The SMILES string of the molecule is Cc1cc(C2CNc3ccccc32)oc(=O)c1. The molecule has 0 saturated carbocycles. The summed E-state index contributed by atoms with van der Waals surface area (Å²) in [6.45, 7) is 2.69. The van der Waals surface area contributed by atoms with Crippen LogP contribution in [-0.4, -0.2) is 6.54 Å². The molecule has 1 N–H and O–H groups in total. The van der Waals surface area contributed by atoms with Gasteiger partial charge in [-0.15, -0.1) is 0 Å². The molecule has 86 valence electrons. The van der Waals surface area contributed by atoms with E-state index in [-0.39, 0.29) is 11.5 Å². The van der Waals surface area contributed by atoms with Crippen LogP contribution in [-0.2, 0) is 0 Å². The third kappa shape index (κ3) is 1.73. The maximum Gasteiger partial charge on any atom is 0.336 e. The second-order valence-electron chi connectivity index (χ2n) is 4.38. The van der Waals surface area contributed by atoms with Crippen LogP contribution in [0.15, 0.2) is 45.6 Å². The monoisotopic (exact) mass is 227 g/mol. The minimum Gasteiger partial charge on any atom is -0.427 e. The lowest BCUT2D eigenvalue weighted by Crippen LogP contribution is -2.08. The molecule has 3 nitrogen and oxygen atoms in total. The van der Waals surface area contributed by atoms with E-state index < -0.39 is 0 Å². The minimum absolute atomic E-state index is 0.138. The van der Waals surface area contributed by atoms with Crippen molar-refractivity contribution in [2.45, 2.75) is 12.8 Å². The summed E-state index contributed by atoms with van der Waals surface area (Å²) in [4.78, 5) is 11.4. The normalized spacial score (nSPS) is 17.6. The van der Waals surface area contributed by atoms with E-state index in [4.69, 9.17) is 4.42 Å². The largest absolute Gasteiger partial charge is 0.427 e. The fourth-order valence-electron chi connectivity index (χ4n) is 2.34. The number of rotatable bonds is 1. The molecule has 2 heterocycles. The summed E-state index contributed by atoms with van der Waals surface area (Å²) in [7, 11) is 0. The van der Waals surface area contributed by atoms with Gasteiger partial charge >= 0.3 is 5.63 Å². The van der Waals surface area contributed by atoms with Crippen molar-refractivity contribution in [2.75, 3.05) is 11.9 Å². The first-order valence-corrected chi connectivity index (χ1v) is 5.68. The molecule has 1 aliphatic heterocycles. The molecular formula is C14H13NO2. The number of hydrogen-bond acceptors (Lipinski definition) is 3. The Labute approximate surface area is 99.1 Å². The second-order valence-corrected chi connectivity index (χ2v) is 4.38. The molecule has 0 fully saturated rings. The first-order valence-electron chi connectivity index (χ1n) is 5.68. The van der Waals surface area contributed by atoms with Crippen LogP contribution in [0, 0.1) is 6.92 Å². The highest BCUT2D eigenvalue weighted by molar-refractivity contribution is 5.59. The summed E-state index contributed by atoms with van der Waals surface area (Å²) in [6.07, 6.45) is 0. The first kappa shape index (κ1) is 10.1. The van der Waals surface area contributed by atoms with E-state index in [9.17, 15) is 4.79 Å². The highest BCUT2D eigenvalue weighted by atomic mass is 16.4. The summed E-state index contributed by atoms with van der Waals surface area (Å²) in [5.41, 5.74) is 2.99. The number of fused-ring (bicyclic) bond motifs is 1. The van der Waals surface area contributed by atoms with Crippen molar-refractivity contribution in [3.8, 4) is 0 Å². The molecule has 1 aliphatic rings. The number of anilines is 1. The smallest absolute Gasteiger partial charge is 0.336 e. The van der Waals surface area contributed by atoms with Crippen molar-refractivity contribution < 1.29 is 4.42 Å². The van der Waals surface area contributed by atoms with Gasteiger partial charge in [-0.25, -0.2) is 4.79 Å². The van der Waals surface area contributed by atoms with Crippen LogP contribution in [0.3, 0.4) is 0 Å². The third-order valence-electron chi connectivity index (χ3n) is 3.11. The van der Waals surface area contributed by atoms with Crippen LogP contribution < -0.4 is 10.9 Å². The standard InChI is InChI=1S/C14H13NO2/c1-9-6-13(17-14(16)7-9)11-8-15-12-5-3-2-4-10(11)12/h2-7,11,15H,8H2,1H3. The van der Waals surface area contributed by atoms with Crippen molar-refractivity contribution in [3.05, 3.63) is 63.7 Å². The van der Waals surface area contributed by atoms with Gasteiger partial charge in [0.15, 0.2) is 0 Å². The highest BCUT2D eigenvalue weighted by Gasteiger charge is 2.25. The van der Waals surface area contributed by atoms with E-state index >= 15 is 0 Å². The molecule has 0 bridgehead atoms. The van der Waals surface area contributed by atoms with Crippen LogP contribution in [0.25, 0.3) is 0 Å². The Morgan fingerprint density at radius 1 is 1.29 bits per heavy atom. The third-order valence-corrected chi connectivity index (χ3v) is 3.11. The van der Waals surface area contributed by atoms with Crippen molar-refractivity contribution in [1.82, 2.24) is 0 Å². The fraction of sp³-hybridized carbons (Fsp3) is 0.214. The molecule has 3 rings (SSSR count). The Morgan fingerprint density at radius 2 is 2.12 bits per heavy atom. The lowest BCUT2D eigenvalue weighted by atomic mass is 9.98. The molecule has 17 heavy (non-hydrogen) atoms. The van der Waals surface area contributed by atoms with Gasteiger partial charge in [-0.05, 0) is 30.2 Å². The Hall–Kier alpha value is -2.03. The zero-order valence-electron chi connectivity index (χ0n) is 9.57. The number of para-hydroxylation sites is 1. The van der Waals surface area contributed by atoms with Crippen LogP contribution >= 0.6 is 0 Å². The van der Waals surface area contributed by atoms with E-state index in [1.54, 1.807) is 0 Å². The number of aryl methyl sites for hydroxylation is 1. The van der Waals surface area contributed by atoms with Gasteiger partial charge in [0.05, 0.1) is 5.92 Å². The number of hydrogen-bond donors (Lipinski definition) is 1. The molecular weight excluding hydrogens is 214 g/mol. The second kappa shape index (κ2) is 3.77.